The molecule has 1 saturated heterocycles. The van der Waals surface area contributed by atoms with Gasteiger partial charge in [0, 0.05) is 12.2 Å². The Morgan fingerprint density at radius 1 is 1.20 bits per heavy atom. The molecule has 1 saturated carbocycles. The first-order chi connectivity index (χ1) is 9.41. The molecule has 1 aromatic rings. The molecule has 1 atom stereocenters. The quantitative estimate of drug-likeness (QED) is 0.871. The van der Waals surface area contributed by atoms with E-state index in [4.69, 9.17) is 0 Å². The highest BCUT2D eigenvalue weighted by Crippen LogP contribution is 2.48. The minimum absolute atomic E-state index is 0.0803. The molecule has 1 unspecified atom stereocenters. The number of anilines is 1. The van der Waals surface area contributed by atoms with Gasteiger partial charge in [0.15, 0.2) is 0 Å². The van der Waals surface area contributed by atoms with Gasteiger partial charge in [0.25, 0.3) is 0 Å². The Hall–Kier alpha value is -1.07. The Labute approximate surface area is 121 Å². The fourth-order valence-electron chi connectivity index (χ4n) is 3.10. The Bertz CT molecular complexity index is 587. The van der Waals surface area contributed by atoms with Crippen molar-refractivity contribution >= 4 is 15.9 Å². The first kappa shape index (κ1) is 13.9. The van der Waals surface area contributed by atoms with E-state index in [9.17, 15) is 8.42 Å². The largest absolute Gasteiger partial charge is 0.302 e. The number of hydrogen-bond acceptors (Lipinski definition) is 2. The molecule has 1 aliphatic carbocycles. The molecule has 1 spiro atoms. The van der Waals surface area contributed by atoms with Crippen LogP contribution in [0.1, 0.15) is 38.2 Å². The van der Waals surface area contributed by atoms with Crippen molar-refractivity contribution in [3.05, 3.63) is 29.8 Å². The summed E-state index contributed by atoms with van der Waals surface area (Å²) in [5, 5.41) is 0. The second-order valence-electron chi connectivity index (χ2n) is 6.39. The van der Waals surface area contributed by atoms with E-state index in [1.54, 1.807) is 4.31 Å². The summed E-state index contributed by atoms with van der Waals surface area (Å²) in [5.74, 6) is 0.732. The molecule has 1 heterocycles. The molecule has 1 N–H and O–H groups in total. The average molecular weight is 294 g/mol. The zero-order chi connectivity index (χ0) is 14.4. The van der Waals surface area contributed by atoms with Gasteiger partial charge in [-0.25, -0.2) is 0 Å². The van der Waals surface area contributed by atoms with Gasteiger partial charge in [-0.3, -0.25) is 4.72 Å². The summed E-state index contributed by atoms with van der Waals surface area (Å²) in [6.45, 7) is 4.92. The third-order valence-corrected chi connectivity index (χ3v) is 6.25. The maximum atomic E-state index is 12.4. The van der Waals surface area contributed by atoms with E-state index in [2.05, 4.69) is 11.6 Å². The Morgan fingerprint density at radius 3 is 2.40 bits per heavy atom. The molecule has 0 radical (unpaired) electrons. The first-order valence-electron chi connectivity index (χ1n) is 7.29. The second-order valence-corrected chi connectivity index (χ2v) is 7.98. The van der Waals surface area contributed by atoms with E-state index in [0.717, 1.165) is 37.2 Å². The summed E-state index contributed by atoms with van der Waals surface area (Å²) >= 11 is 0. The first-order valence-corrected chi connectivity index (χ1v) is 8.73. The number of aryl methyl sites for hydroxylation is 1. The van der Waals surface area contributed by atoms with E-state index in [1.165, 1.54) is 0 Å². The third kappa shape index (κ3) is 2.56. The van der Waals surface area contributed by atoms with Crippen LogP contribution in [-0.2, 0) is 10.2 Å². The van der Waals surface area contributed by atoms with Crippen LogP contribution in [0.5, 0.6) is 0 Å². The fraction of sp³-hybridized carbons (Fsp3) is 0.600. The van der Waals surface area contributed by atoms with Crippen molar-refractivity contribution in [3.63, 3.8) is 0 Å². The number of nitrogens with one attached hydrogen (secondary N) is 1. The van der Waals surface area contributed by atoms with Crippen molar-refractivity contribution in [3.8, 4) is 0 Å². The molecular formula is C15H22N2O2S. The zero-order valence-corrected chi connectivity index (χ0v) is 12.9. The average Bonchev–Trinajstić information content (AvgIpc) is 3.12. The maximum absolute atomic E-state index is 12.4. The molecule has 4 nitrogen and oxygen atoms in total. The lowest BCUT2D eigenvalue weighted by atomic mass is 9.83. The molecular weight excluding hydrogens is 272 g/mol. The van der Waals surface area contributed by atoms with Gasteiger partial charge in [-0.2, -0.15) is 12.7 Å². The SMILES string of the molecule is Cc1ccc(NS(=O)(=O)N2CC23CCC(C)CC3)cc1. The number of hydrogen-bond donors (Lipinski definition) is 1. The van der Waals surface area contributed by atoms with Crippen LogP contribution < -0.4 is 4.72 Å². The number of rotatable bonds is 3. The molecule has 1 aromatic carbocycles. The molecule has 2 fully saturated rings. The molecule has 0 amide bonds. The lowest BCUT2D eigenvalue weighted by Crippen LogP contribution is -2.31. The predicted octanol–water partition coefficient (Wildman–Crippen LogP) is 2.92. The lowest BCUT2D eigenvalue weighted by Gasteiger charge is -2.26. The van der Waals surface area contributed by atoms with Crippen LogP contribution in [0.2, 0.25) is 0 Å². The van der Waals surface area contributed by atoms with Crippen molar-refractivity contribution in [2.75, 3.05) is 11.3 Å². The second kappa shape index (κ2) is 4.74. The monoisotopic (exact) mass is 294 g/mol. The Morgan fingerprint density at radius 2 is 1.80 bits per heavy atom. The van der Waals surface area contributed by atoms with Gasteiger partial charge in [0.05, 0.1) is 5.54 Å². The van der Waals surface area contributed by atoms with Gasteiger partial charge in [0.2, 0.25) is 0 Å². The summed E-state index contributed by atoms with van der Waals surface area (Å²) in [7, 11) is -3.40. The van der Waals surface area contributed by atoms with Crippen LogP contribution in [0.4, 0.5) is 5.69 Å². The smallest absolute Gasteiger partial charge is 0.271 e. The Balaban J connectivity index is 1.69. The van der Waals surface area contributed by atoms with E-state index in [0.29, 0.717) is 12.2 Å². The van der Waals surface area contributed by atoms with Crippen LogP contribution >= 0.6 is 0 Å². The fourth-order valence-corrected chi connectivity index (χ4v) is 4.75. The highest BCUT2D eigenvalue weighted by Gasteiger charge is 2.58. The van der Waals surface area contributed by atoms with Gasteiger partial charge in [-0.1, -0.05) is 24.6 Å². The van der Waals surface area contributed by atoms with Gasteiger partial charge in [-0.15, -0.1) is 0 Å². The molecule has 0 bridgehead atoms. The highest BCUT2D eigenvalue weighted by atomic mass is 32.2. The topological polar surface area (TPSA) is 49.2 Å². The number of benzene rings is 1. The molecule has 0 aromatic heterocycles. The zero-order valence-electron chi connectivity index (χ0n) is 12.1. The molecule has 20 heavy (non-hydrogen) atoms. The van der Waals surface area contributed by atoms with Gasteiger partial charge < -0.3 is 0 Å². The van der Waals surface area contributed by atoms with Gasteiger partial charge in [-0.05, 0) is 50.7 Å². The summed E-state index contributed by atoms with van der Waals surface area (Å²) in [4.78, 5) is 0. The minimum Gasteiger partial charge on any atom is -0.271 e. The van der Waals surface area contributed by atoms with Crippen molar-refractivity contribution in [2.45, 2.75) is 45.1 Å². The van der Waals surface area contributed by atoms with Crippen molar-refractivity contribution in [2.24, 2.45) is 5.92 Å². The molecule has 5 heteroatoms. The van der Waals surface area contributed by atoms with Gasteiger partial charge in [0.1, 0.15) is 0 Å². The predicted molar refractivity (Wildman–Crippen MR) is 80.8 cm³/mol. The van der Waals surface area contributed by atoms with Crippen LogP contribution in [-0.4, -0.2) is 24.8 Å². The van der Waals surface area contributed by atoms with Gasteiger partial charge >= 0.3 is 10.2 Å². The third-order valence-electron chi connectivity index (χ3n) is 4.66. The number of nitrogens with zero attached hydrogens (tertiary/aromatic N) is 1. The normalized spacial score (nSPS) is 33.1. The van der Waals surface area contributed by atoms with Crippen LogP contribution in [0, 0.1) is 12.8 Å². The maximum Gasteiger partial charge on any atom is 0.302 e. The molecule has 3 rings (SSSR count). The van der Waals surface area contributed by atoms with Crippen molar-refractivity contribution in [1.82, 2.24) is 4.31 Å². The van der Waals surface area contributed by atoms with Crippen LogP contribution in [0.15, 0.2) is 24.3 Å². The molecule has 2 aliphatic rings. The highest BCUT2D eigenvalue weighted by molar-refractivity contribution is 7.90. The standard InChI is InChI=1S/C15H22N2O2S/c1-12-3-5-14(6-4-12)16-20(18,19)17-11-15(17)9-7-13(2)8-10-15/h3-6,13,16H,7-11H2,1-2H3. The summed E-state index contributed by atoms with van der Waals surface area (Å²) in [6, 6.07) is 7.45. The Kier molecular flexibility index (Phi) is 3.29. The van der Waals surface area contributed by atoms with Crippen LogP contribution in [0.3, 0.4) is 0 Å². The summed E-state index contributed by atoms with van der Waals surface area (Å²) in [5.41, 5.74) is 1.68. The van der Waals surface area contributed by atoms with E-state index >= 15 is 0 Å². The molecule has 110 valence electrons. The lowest BCUT2D eigenvalue weighted by molar-refractivity contribution is 0.300. The van der Waals surface area contributed by atoms with Crippen molar-refractivity contribution in [1.29, 1.82) is 0 Å². The van der Waals surface area contributed by atoms with Crippen molar-refractivity contribution < 1.29 is 8.42 Å². The summed E-state index contributed by atoms with van der Waals surface area (Å²) in [6.07, 6.45) is 4.28. The van der Waals surface area contributed by atoms with E-state index in [-0.39, 0.29) is 5.54 Å². The molecule has 1 aliphatic heterocycles. The van der Waals surface area contributed by atoms with E-state index in [1.807, 2.05) is 31.2 Å². The summed E-state index contributed by atoms with van der Waals surface area (Å²) < 4.78 is 29.2. The minimum atomic E-state index is -3.40. The van der Waals surface area contributed by atoms with Crippen LogP contribution in [0.25, 0.3) is 0 Å². The van der Waals surface area contributed by atoms with E-state index < -0.39 is 10.2 Å².